The monoisotopic (exact) mass is 405 g/mol. The first-order chi connectivity index (χ1) is 14.6. The van der Waals surface area contributed by atoms with Crippen molar-refractivity contribution in [3.05, 3.63) is 66.4 Å². The number of aryl methyl sites for hydroxylation is 1. The number of anilines is 2. The van der Waals surface area contributed by atoms with Crippen LogP contribution in [0.15, 0.2) is 54.9 Å². The number of hydrogen-bond donors (Lipinski definition) is 1. The van der Waals surface area contributed by atoms with E-state index in [0.29, 0.717) is 22.9 Å². The third-order valence-electron chi connectivity index (χ3n) is 4.65. The zero-order valence-corrected chi connectivity index (χ0v) is 16.6. The molecule has 2 heterocycles. The number of halogens is 1. The van der Waals surface area contributed by atoms with E-state index in [9.17, 15) is 9.50 Å². The molecule has 4 aromatic rings. The minimum atomic E-state index is -0.307. The highest BCUT2D eigenvalue weighted by Gasteiger charge is 2.17. The van der Waals surface area contributed by atoms with Crippen molar-refractivity contribution in [1.29, 1.82) is 0 Å². The summed E-state index contributed by atoms with van der Waals surface area (Å²) in [6.07, 6.45) is 1.46. The van der Waals surface area contributed by atoms with Crippen molar-refractivity contribution in [2.45, 2.75) is 6.92 Å². The number of nitrogens with zero attached hydrogens (tertiary/aromatic N) is 5. The minimum absolute atomic E-state index is 0.126. The zero-order valence-electron chi connectivity index (χ0n) is 16.6. The minimum Gasteiger partial charge on any atom is -0.489 e. The molecule has 0 amide bonds. The van der Waals surface area contributed by atoms with Crippen LogP contribution in [0.1, 0.15) is 5.69 Å². The number of ether oxygens (including phenoxy) is 1. The molecule has 152 valence electrons. The predicted octanol–water partition coefficient (Wildman–Crippen LogP) is 3.67. The maximum Gasteiger partial charge on any atom is 0.156 e. The normalized spacial score (nSPS) is 10.9. The Labute approximate surface area is 172 Å². The molecule has 2 aromatic carbocycles. The highest BCUT2D eigenvalue weighted by Crippen LogP contribution is 2.36. The lowest BCUT2D eigenvalue weighted by atomic mass is 10.0. The van der Waals surface area contributed by atoms with Crippen LogP contribution >= 0.6 is 0 Å². The topological polar surface area (TPSA) is 84.3 Å². The molecule has 0 saturated heterocycles. The highest BCUT2D eigenvalue weighted by molar-refractivity contribution is 5.97. The molecule has 0 saturated carbocycles. The Balaban J connectivity index is 1.89. The molecule has 0 radical (unpaired) electrons. The second-order valence-electron chi connectivity index (χ2n) is 6.74. The Morgan fingerprint density at radius 3 is 2.50 bits per heavy atom. The maximum absolute atomic E-state index is 13.4. The molecule has 30 heavy (non-hydrogen) atoms. The highest BCUT2D eigenvalue weighted by atomic mass is 19.1. The molecule has 0 aliphatic heterocycles. The Hall–Kier alpha value is -3.65. The average Bonchev–Trinajstić information content (AvgIpc) is 2.77. The van der Waals surface area contributed by atoms with Gasteiger partial charge in [-0.15, -0.1) is 5.10 Å². The van der Waals surface area contributed by atoms with Crippen LogP contribution in [0.25, 0.3) is 22.0 Å². The third kappa shape index (κ3) is 3.90. The summed E-state index contributed by atoms with van der Waals surface area (Å²) >= 11 is 0. The molecule has 0 fully saturated rings. The van der Waals surface area contributed by atoms with Gasteiger partial charge >= 0.3 is 0 Å². The summed E-state index contributed by atoms with van der Waals surface area (Å²) in [7, 11) is 1.85. The molecule has 0 unspecified atom stereocenters. The second-order valence-corrected chi connectivity index (χ2v) is 6.74. The van der Waals surface area contributed by atoms with E-state index in [2.05, 4.69) is 20.2 Å². The largest absolute Gasteiger partial charge is 0.489 e. The standard InChI is InChI=1S/C22H20FN5O2/c1-14-3-8-20(27-26-14)28(2)22-18-11-16(15-4-6-17(23)7-5-15)12-19(30-10-9-29)21(18)24-13-25-22/h3-8,11-13,29H,9-10H2,1-2H3. The first-order valence-electron chi connectivity index (χ1n) is 9.39. The van der Waals surface area contributed by atoms with Gasteiger partial charge in [-0.2, -0.15) is 5.10 Å². The molecule has 0 atom stereocenters. The van der Waals surface area contributed by atoms with Gasteiger partial charge in [0.25, 0.3) is 0 Å². The van der Waals surface area contributed by atoms with Crippen LogP contribution in [0, 0.1) is 12.7 Å². The lowest BCUT2D eigenvalue weighted by molar-refractivity contribution is 0.202. The maximum atomic E-state index is 13.4. The van der Waals surface area contributed by atoms with Crippen LogP contribution in [0.4, 0.5) is 16.0 Å². The number of fused-ring (bicyclic) bond motifs is 1. The van der Waals surface area contributed by atoms with Gasteiger partial charge in [0, 0.05) is 12.4 Å². The van der Waals surface area contributed by atoms with Gasteiger partial charge in [0.05, 0.1) is 12.3 Å². The van der Waals surface area contributed by atoms with Crippen molar-refractivity contribution in [2.24, 2.45) is 0 Å². The molecule has 7 nitrogen and oxygen atoms in total. The van der Waals surface area contributed by atoms with Crippen LogP contribution in [-0.2, 0) is 0 Å². The van der Waals surface area contributed by atoms with Gasteiger partial charge in [0.1, 0.15) is 35.8 Å². The Morgan fingerprint density at radius 1 is 1.00 bits per heavy atom. The summed E-state index contributed by atoms with van der Waals surface area (Å²) in [5.74, 6) is 1.45. The Morgan fingerprint density at radius 2 is 1.80 bits per heavy atom. The molecular weight excluding hydrogens is 385 g/mol. The van der Waals surface area contributed by atoms with Crippen molar-refractivity contribution in [3.8, 4) is 16.9 Å². The van der Waals surface area contributed by atoms with Crippen LogP contribution < -0.4 is 9.64 Å². The summed E-state index contributed by atoms with van der Waals surface area (Å²) in [5.41, 5.74) is 3.05. The summed E-state index contributed by atoms with van der Waals surface area (Å²) in [6.45, 7) is 1.87. The van der Waals surface area contributed by atoms with Gasteiger partial charge in [-0.25, -0.2) is 14.4 Å². The number of aromatic nitrogens is 4. The van der Waals surface area contributed by atoms with Crippen molar-refractivity contribution < 1.29 is 14.2 Å². The van der Waals surface area contributed by atoms with Crippen molar-refractivity contribution >= 4 is 22.5 Å². The summed E-state index contributed by atoms with van der Waals surface area (Å²) in [5, 5.41) is 18.3. The fraction of sp³-hybridized carbons (Fsp3) is 0.182. The number of benzene rings is 2. The van der Waals surface area contributed by atoms with Gasteiger partial charge in [-0.3, -0.25) is 0 Å². The lowest BCUT2D eigenvalue weighted by Gasteiger charge is -2.19. The number of aliphatic hydroxyl groups excluding tert-OH is 1. The van der Waals surface area contributed by atoms with E-state index in [4.69, 9.17) is 4.74 Å². The van der Waals surface area contributed by atoms with Gasteiger partial charge < -0.3 is 14.7 Å². The van der Waals surface area contributed by atoms with E-state index in [1.165, 1.54) is 18.5 Å². The van der Waals surface area contributed by atoms with Gasteiger partial charge in [-0.1, -0.05) is 12.1 Å². The summed E-state index contributed by atoms with van der Waals surface area (Å²) in [4.78, 5) is 10.7. The quantitative estimate of drug-likeness (QED) is 0.524. The van der Waals surface area contributed by atoms with E-state index < -0.39 is 0 Å². The summed E-state index contributed by atoms with van der Waals surface area (Å²) in [6, 6.07) is 13.7. The Kier molecular flexibility index (Phi) is 5.49. The molecule has 0 aliphatic rings. The molecule has 0 spiro atoms. The van der Waals surface area contributed by atoms with E-state index >= 15 is 0 Å². The number of aliphatic hydroxyl groups is 1. The fourth-order valence-electron chi connectivity index (χ4n) is 3.14. The van der Waals surface area contributed by atoms with Crippen molar-refractivity contribution in [2.75, 3.05) is 25.2 Å². The first-order valence-corrected chi connectivity index (χ1v) is 9.39. The smallest absolute Gasteiger partial charge is 0.156 e. The number of rotatable bonds is 6. The summed E-state index contributed by atoms with van der Waals surface area (Å²) < 4.78 is 19.1. The molecule has 4 rings (SSSR count). The second kappa shape index (κ2) is 8.38. The van der Waals surface area contributed by atoms with Crippen LogP contribution in [0.2, 0.25) is 0 Å². The molecule has 1 N–H and O–H groups in total. The van der Waals surface area contributed by atoms with E-state index in [1.807, 2.05) is 43.1 Å². The van der Waals surface area contributed by atoms with Crippen molar-refractivity contribution in [3.63, 3.8) is 0 Å². The first kappa shape index (κ1) is 19.7. The number of hydrogen-bond acceptors (Lipinski definition) is 7. The predicted molar refractivity (Wildman–Crippen MR) is 112 cm³/mol. The SMILES string of the molecule is Cc1ccc(N(C)c2ncnc3c(OCCO)cc(-c4ccc(F)cc4)cc23)nn1. The van der Waals surface area contributed by atoms with E-state index in [1.54, 1.807) is 12.1 Å². The molecule has 2 aromatic heterocycles. The van der Waals surface area contributed by atoms with E-state index in [-0.39, 0.29) is 19.0 Å². The lowest BCUT2D eigenvalue weighted by Crippen LogP contribution is -2.14. The Bertz CT molecular complexity index is 1170. The zero-order chi connectivity index (χ0) is 21.1. The molecule has 0 bridgehead atoms. The van der Waals surface area contributed by atoms with Crippen LogP contribution in [-0.4, -0.2) is 45.5 Å². The fourth-order valence-corrected chi connectivity index (χ4v) is 3.14. The van der Waals surface area contributed by atoms with Gasteiger partial charge in [-0.05, 0) is 54.4 Å². The van der Waals surface area contributed by atoms with Crippen LogP contribution in [0.5, 0.6) is 5.75 Å². The molecule has 0 aliphatic carbocycles. The third-order valence-corrected chi connectivity index (χ3v) is 4.65. The molecule has 8 heteroatoms. The van der Waals surface area contributed by atoms with Gasteiger partial charge in [0.15, 0.2) is 5.82 Å². The molecular formula is C22H20FN5O2. The van der Waals surface area contributed by atoms with Gasteiger partial charge in [0.2, 0.25) is 0 Å². The average molecular weight is 405 g/mol. The van der Waals surface area contributed by atoms with Crippen LogP contribution in [0.3, 0.4) is 0 Å². The van der Waals surface area contributed by atoms with Crippen molar-refractivity contribution in [1.82, 2.24) is 20.2 Å². The van der Waals surface area contributed by atoms with E-state index in [0.717, 1.165) is 22.2 Å².